The lowest BCUT2D eigenvalue weighted by Crippen LogP contribution is -2.38. The average molecular weight is 526 g/mol. The predicted octanol–water partition coefficient (Wildman–Crippen LogP) is 6.16. The van der Waals surface area contributed by atoms with Gasteiger partial charge in [-0.3, -0.25) is 14.9 Å². The number of hydrogen-bond donors (Lipinski definition) is 2. The number of hydrogen-bond acceptors (Lipinski definition) is 4. The van der Waals surface area contributed by atoms with E-state index >= 15 is 0 Å². The van der Waals surface area contributed by atoms with Gasteiger partial charge in [-0.05, 0) is 66.8 Å². The highest BCUT2D eigenvalue weighted by Crippen LogP contribution is 2.34. The van der Waals surface area contributed by atoms with Crippen LogP contribution in [0.25, 0.3) is 0 Å². The predicted molar refractivity (Wildman–Crippen MR) is 136 cm³/mol. The third-order valence-electron chi connectivity index (χ3n) is 6.44. The van der Waals surface area contributed by atoms with Gasteiger partial charge < -0.3 is 15.0 Å². The maximum atomic E-state index is 13.3. The normalized spacial score (nSPS) is 14.1. The molecule has 0 bridgehead atoms. The van der Waals surface area contributed by atoms with E-state index in [0.717, 1.165) is 11.6 Å². The van der Waals surface area contributed by atoms with Crippen LogP contribution in [0, 0.1) is 0 Å². The maximum absolute atomic E-state index is 13.3. The quantitative estimate of drug-likeness (QED) is 0.418. The summed E-state index contributed by atoms with van der Waals surface area (Å²) in [4.78, 5) is 38.3. The van der Waals surface area contributed by atoms with Crippen molar-refractivity contribution in [1.29, 1.82) is 0 Å². The SMILES string of the molecule is COC(=O)Nc1cccc(C(=O)Nc2ccc(C3CCN(C(=O)c4ccccc4C(F)(F)F)CC3)cc2)c1. The van der Waals surface area contributed by atoms with E-state index in [1.165, 1.54) is 36.3 Å². The smallest absolute Gasteiger partial charge is 0.417 e. The zero-order chi connectivity index (χ0) is 27.3. The first-order valence-electron chi connectivity index (χ1n) is 12.0. The number of nitrogens with one attached hydrogen (secondary N) is 2. The van der Waals surface area contributed by atoms with Crippen molar-refractivity contribution in [3.05, 3.63) is 95.1 Å². The zero-order valence-electron chi connectivity index (χ0n) is 20.5. The van der Waals surface area contributed by atoms with Crippen LogP contribution in [0.2, 0.25) is 0 Å². The van der Waals surface area contributed by atoms with Gasteiger partial charge in [-0.25, -0.2) is 4.79 Å². The first-order chi connectivity index (χ1) is 18.2. The molecule has 1 aliphatic rings. The number of nitrogens with zero attached hydrogens (tertiary/aromatic N) is 1. The molecule has 0 radical (unpaired) electrons. The van der Waals surface area contributed by atoms with Crippen molar-refractivity contribution in [1.82, 2.24) is 4.90 Å². The Morgan fingerprint density at radius 3 is 2.21 bits per heavy atom. The highest BCUT2D eigenvalue weighted by atomic mass is 19.4. The van der Waals surface area contributed by atoms with Crippen LogP contribution in [0.3, 0.4) is 0 Å². The third kappa shape index (κ3) is 6.31. The van der Waals surface area contributed by atoms with Gasteiger partial charge in [-0.1, -0.05) is 30.3 Å². The summed E-state index contributed by atoms with van der Waals surface area (Å²) in [5, 5.41) is 5.32. The second-order valence-corrected chi connectivity index (χ2v) is 8.88. The number of halogens is 3. The molecule has 2 N–H and O–H groups in total. The Labute approximate surface area is 217 Å². The van der Waals surface area contributed by atoms with Crippen LogP contribution in [0.5, 0.6) is 0 Å². The Bertz CT molecular complexity index is 1320. The fourth-order valence-electron chi connectivity index (χ4n) is 4.45. The van der Waals surface area contributed by atoms with Crippen molar-refractivity contribution in [3.63, 3.8) is 0 Å². The summed E-state index contributed by atoms with van der Waals surface area (Å²) in [6, 6.07) is 18.6. The number of carbonyl (C=O) groups is 3. The maximum Gasteiger partial charge on any atom is 0.417 e. The summed E-state index contributed by atoms with van der Waals surface area (Å²) in [5.41, 5.74) is 1.14. The van der Waals surface area contributed by atoms with Gasteiger partial charge in [-0.2, -0.15) is 13.2 Å². The zero-order valence-corrected chi connectivity index (χ0v) is 20.5. The number of alkyl halides is 3. The minimum atomic E-state index is -4.59. The number of anilines is 2. The molecule has 3 amide bonds. The molecule has 0 spiro atoms. The van der Waals surface area contributed by atoms with E-state index < -0.39 is 23.7 Å². The topological polar surface area (TPSA) is 87.7 Å². The fraction of sp³-hybridized carbons (Fsp3) is 0.250. The van der Waals surface area contributed by atoms with Crippen LogP contribution in [0.15, 0.2) is 72.8 Å². The molecule has 198 valence electrons. The molecule has 1 heterocycles. The molecule has 0 saturated carbocycles. The van der Waals surface area contributed by atoms with E-state index in [2.05, 4.69) is 15.4 Å². The van der Waals surface area contributed by atoms with Crippen molar-refractivity contribution in [2.45, 2.75) is 24.9 Å². The number of amides is 3. The molecule has 38 heavy (non-hydrogen) atoms. The molecule has 0 aromatic heterocycles. The van der Waals surface area contributed by atoms with Gasteiger partial charge in [0.25, 0.3) is 11.8 Å². The van der Waals surface area contributed by atoms with Crippen LogP contribution >= 0.6 is 0 Å². The van der Waals surface area contributed by atoms with Crippen LogP contribution < -0.4 is 10.6 Å². The second-order valence-electron chi connectivity index (χ2n) is 8.88. The molecule has 7 nitrogen and oxygen atoms in total. The number of benzene rings is 3. The minimum Gasteiger partial charge on any atom is -0.453 e. The average Bonchev–Trinajstić information content (AvgIpc) is 2.93. The molecule has 0 aliphatic carbocycles. The van der Waals surface area contributed by atoms with E-state index in [1.807, 2.05) is 12.1 Å². The van der Waals surface area contributed by atoms with Gasteiger partial charge in [0.2, 0.25) is 0 Å². The Balaban J connectivity index is 1.35. The number of carbonyl (C=O) groups excluding carboxylic acids is 3. The van der Waals surface area contributed by atoms with Crippen LogP contribution in [0.4, 0.5) is 29.3 Å². The second kappa shape index (κ2) is 11.4. The van der Waals surface area contributed by atoms with Crippen LogP contribution in [-0.2, 0) is 10.9 Å². The lowest BCUT2D eigenvalue weighted by molar-refractivity contribution is -0.138. The van der Waals surface area contributed by atoms with Crippen LogP contribution in [0.1, 0.15) is 50.6 Å². The van der Waals surface area contributed by atoms with Crippen molar-refractivity contribution in [2.75, 3.05) is 30.8 Å². The van der Waals surface area contributed by atoms with Gasteiger partial charge in [0, 0.05) is 30.0 Å². The highest BCUT2D eigenvalue weighted by molar-refractivity contribution is 6.05. The molecule has 1 aliphatic heterocycles. The largest absolute Gasteiger partial charge is 0.453 e. The number of methoxy groups -OCH3 is 1. The Morgan fingerprint density at radius 2 is 1.55 bits per heavy atom. The Kier molecular flexibility index (Phi) is 7.99. The molecule has 3 aromatic carbocycles. The summed E-state index contributed by atoms with van der Waals surface area (Å²) in [6.07, 6.45) is -4.00. The highest BCUT2D eigenvalue weighted by Gasteiger charge is 2.36. The van der Waals surface area contributed by atoms with Gasteiger partial charge >= 0.3 is 12.3 Å². The van der Waals surface area contributed by atoms with Gasteiger partial charge in [-0.15, -0.1) is 0 Å². The van der Waals surface area contributed by atoms with Crippen molar-refractivity contribution in [2.24, 2.45) is 0 Å². The molecule has 4 rings (SSSR count). The molecular weight excluding hydrogens is 499 g/mol. The molecule has 1 fully saturated rings. The Morgan fingerprint density at radius 1 is 0.868 bits per heavy atom. The summed E-state index contributed by atoms with van der Waals surface area (Å²) in [5.74, 6) is -0.819. The summed E-state index contributed by atoms with van der Waals surface area (Å²) < 4.78 is 44.5. The first-order valence-corrected chi connectivity index (χ1v) is 12.0. The van der Waals surface area contributed by atoms with Crippen molar-refractivity contribution in [3.8, 4) is 0 Å². The van der Waals surface area contributed by atoms with Crippen LogP contribution in [-0.4, -0.2) is 43.0 Å². The molecule has 10 heteroatoms. The van der Waals surface area contributed by atoms with Gasteiger partial charge in [0.15, 0.2) is 0 Å². The minimum absolute atomic E-state index is 0.141. The van der Waals surface area contributed by atoms with E-state index in [0.29, 0.717) is 42.9 Å². The number of ether oxygens (including phenoxy) is 1. The lowest BCUT2D eigenvalue weighted by atomic mass is 9.89. The number of piperidine rings is 1. The third-order valence-corrected chi connectivity index (χ3v) is 6.44. The standard InChI is InChI=1S/C28H26F3N3O4/c1-38-27(37)33-22-6-4-5-20(17-22)25(35)32-21-11-9-18(10-12-21)19-13-15-34(16-14-19)26(36)23-7-2-3-8-24(23)28(29,30)31/h2-12,17,19H,13-16H2,1H3,(H,32,35)(H,33,37). The van der Waals surface area contributed by atoms with E-state index in [-0.39, 0.29) is 17.4 Å². The van der Waals surface area contributed by atoms with E-state index in [1.54, 1.807) is 30.3 Å². The molecular formula is C28H26F3N3O4. The molecule has 0 unspecified atom stereocenters. The lowest BCUT2D eigenvalue weighted by Gasteiger charge is -2.33. The fourth-order valence-corrected chi connectivity index (χ4v) is 4.45. The van der Waals surface area contributed by atoms with Gasteiger partial charge in [0.05, 0.1) is 18.2 Å². The molecule has 3 aromatic rings. The summed E-state index contributed by atoms with van der Waals surface area (Å²) in [6.45, 7) is 0.703. The van der Waals surface area contributed by atoms with E-state index in [4.69, 9.17) is 0 Å². The molecule has 0 atom stereocenters. The van der Waals surface area contributed by atoms with Crippen molar-refractivity contribution >= 4 is 29.3 Å². The Hall–Kier alpha value is -4.34. The molecule has 1 saturated heterocycles. The van der Waals surface area contributed by atoms with E-state index in [9.17, 15) is 27.6 Å². The summed E-state index contributed by atoms with van der Waals surface area (Å²) >= 11 is 0. The first kappa shape index (κ1) is 26.7. The van der Waals surface area contributed by atoms with Crippen molar-refractivity contribution < 1.29 is 32.3 Å². The summed E-state index contributed by atoms with van der Waals surface area (Å²) in [7, 11) is 1.25. The monoisotopic (exact) mass is 525 g/mol. The number of rotatable bonds is 5. The van der Waals surface area contributed by atoms with Gasteiger partial charge in [0.1, 0.15) is 0 Å². The number of likely N-dealkylation sites (tertiary alicyclic amines) is 1.